The molecule has 0 radical (unpaired) electrons. The molecule has 6 atom stereocenters. The van der Waals surface area contributed by atoms with Crippen molar-refractivity contribution in [3.05, 3.63) is 23.3 Å². The Hall–Kier alpha value is -1.18. The molecule has 130 valence electrons. The van der Waals surface area contributed by atoms with Crippen LogP contribution in [0.15, 0.2) is 23.3 Å². The highest BCUT2D eigenvalue weighted by atomic mass is 16.1. The Balaban J connectivity index is 1.76. The molecule has 2 fully saturated rings. The fraction of sp³-hybridized carbons (Fsp3) is 0.727. The highest BCUT2D eigenvalue weighted by molar-refractivity contribution is 5.98. The molecule has 2 saturated carbocycles. The normalized spacial score (nSPS) is 47.2. The molecular weight excluding hydrogens is 296 g/mol. The Morgan fingerprint density at radius 1 is 1.21 bits per heavy atom. The van der Waals surface area contributed by atoms with E-state index in [1.54, 1.807) is 6.92 Å². The van der Waals surface area contributed by atoms with Crippen molar-refractivity contribution in [3.8, 4) is 0 Å². The number of rotatable bonds is 1. The summed E-state index contributed by atoms with van der Waals surface area (Å²) in [5.74, 6) is 2.45. The molecule has 0 aromatic rings. The predicted octanol–water partition coefficient (Wildman–Crippen LogP) is 4.89. The van der Waals surface area contributed by atoms with Crippen LogP contribution in [0.4, 0.5) is 0 Å². The Labute approximate surface area is 145 Å². The summed E-state index contributed by atoms with van der Waals surface area (Å²) in [6.45, 7) is 8.39. The molecule has 0 spiro atoms. The van der Waals surface area contributed by atoms with Crippen LogP contribution in [-0.4, -0.2) is 11.6 Å². The van der Waals surface area contributed by atoms with E-state index in [4.69, 9.17) is 0 Å². The molecule has 0 bridgehead atoms. The Morgan fingerprint density at radius 2 is 1.96 bits per heavy atom. The van der Waals surface area contributed by atoms with E-state index < -0.39 is 0 Å². The largest absolute Gasteiger partial charge is 0.299 e. The molecule has 0 heterocycles. The molecule has 0 N–H and O–H groups in total. The van der Waals surface area contributed by atoms with Crippen molar-refractivity contribution in [2.24, 2.45) is 34.5 Å². The maximum Gasteiger partial charge on any atom is 0.156 e. The van der Waals surface area contributed by atoms with Gasteiger partial charge in [-0.3, -0.25) is 9.59 Å². The minimum Gasteiger partial charge on any atom is -0.299 e. The van der Waals surface area contributed by atoms with Gasteiger partial charge in [-0.1, -0.05) is 31.6 Å². The average Bonchev–Trinajstić information content (AvgIpc) is 2.76. The van der Waals surface area contributed by atoms with Crippen LogP contribution in [-0.2, 0) is 9.59 Å². The molecule has 0 aromatic heterocycles. The lowest BCUT2D eigenvalue weighted by Gasteiger charge is -2.58. The van der Waals surface area contributed by atoms with Gasteiger partial charge in [-0.25, -0.2) is 0 Å². The topological polar surface area (TPSA) is 34.1 Å². The summed E-state index contributed by atoms with van der Waals surface area (Å²) < 4.78 is 0. The van der Waals surface area contributed by atoms with Gasteiger partial charge >= 0.3 is 0 Å². The molecule has 2 heteroatoms. The standard InChI is InChI=1S/C22H30O2/c1-13-11-17-16-9-8-15-7-5-6-10-21(15,3)20(16)18(24)12-22(17,4)19(13)14(2)23/h5-6,15-17,20H,7-12H2,1-4H3/t15-,16+,17+,20-,21+,22+/m1/s1. The first-order valence-corrected chi connectivity index (χ1v) is 9.68. The average molecular weight is 326 g/mol. The van der Waals surface area contributed by atoms with Gasteiger partial charge in [-0.15, -0.1) is 0 Å². The third-order valence-electron chi connectivity index (χ3n) is 8.16. The minimum absolute atomic E-state index is 0.142. The van der Waals surface area contributed by atoms with Crippen molar-refractivity contribution in [2.75, 3.05) is 0 Å². The van der Waals surface area contributed by atoms with Crippen LogP contribution in [0, 0.1) is 34.5 Å². The minimum atomic E-state index is -0.206. The van der Waals surface area contributed by atoms with Gasteiger partial charge in [0.1, 0.15) is 5.78 Å². The lowest BCUT2D eigenvalue weighted by molar-refractivity contribution is -0.150. The summed E-state index contributed by atoms with van der Waals surface area (Å²) in [6.07, 6.45) is 10.8. The first-order valence-electron chi connectivity index (χ1n) is 9.68. The van der Waals surface area contributed by atoms with Gasteiger partial charge in [0, 0.05) is 23.3 Å². The number of hydrogen-bond acceptors (Lipinski definition) is 2. The third-order valence-corrected chi connectivity index (χ3v) is 8.16. The number of carbonyl (C=O) groups is 2. The molecule has 0 saturated heterocycles. The summed E-state index contributed by atoms with van der Waals surface area (Å²) in [5, 5.41) is 0. The van der Waals surface area contributed by atoms with Crippen LogP contribution >= 0.6 is 0 Å². The first-order chi connectivity index (χ1) is 11.3. The summed E-state index contributed by atoms with van der Waals surface area (Å²) in [5.41, 5.74) is 2.17. The molecule has 24 heavy (non-hydrogen) atoms. The van der Waals surface area contributed by atoms with Crippen LogP contribution in [0.25, 0.3) is 0 Å². The maximum absolute atomic E-state index is 13.4. The van der Waals surface area contributed by atoms with E-state index in [1.807, 2.05) is 0 Å². The fourth-order valence-corrected chi connectivity index (χ4v) is 7.30. The summed E-state index contributed by atoms with van der Waals surface area (Å²) in [6, 6.07) is 0. The highest BCUT2D eigenvalue weighted by Crippen LogP contribution is 2.65. The van der Waals surface area contributed by atoms with Crippen molar-refractivity contribution in [3.63, 3.8) is 0 Å². The SMILES string of the molecule is CC(=O)C1=C(C)C[C@H]2[C@@H]3CC[C@H]4CC=CC[C@]4(C)[C@H]3C(=O)C[C@]12C. The number of fused-ring (bicyclic) bond motifs is 5. The van der Waals surface area contributed by atoms with Gasteiger partial charge in [0.25, 0.3) is 0 Å². The van der Waals surface area contributed by atoms with Gasteiger partial charge in [0.15, 0.2) is 5.78 Å². The second kappa shape index (κ2) is 5.16. The molecule has 0 amide bonds. The zero-order valence-electron chi connectivity index (χ0n) is 15.5. The quantitative estimate of drug-likeness (QED) is 0.643. The second-order valence-electron chi connectivity index (χ2n) is 9.42. The van der Waals surface area contributed by atoms with E-state index >= 15 is 0 Å². The molecule has 2 nitrogen and oxygen atoms in total. The van der Waals surface area contributed by atoms with Crippen LogP contribution in [0.5, 0.6) is 0 Å². The lowest BCUT2D eigenvalue weighted by atomic mass is 9.45. The molecule has 4 aliphatic rings. The van der Waals surface area contributed by atoms with E-state index in [0.717, 1.165) is 24.8 Å². The van der Waals surface area contributed by atoms with Gasteiger partial charge in [0.2, 0.25) is 0 Å². The van der Waals surface area contributed by atoms with Gasteiger partial charge in [-0.2, -0.15) is 0 Å². The Bertz CT molecular complexity index is 669. The van der Waals surface area contributed by atoms with E-state index in [-0.39, 0.29) is 22.5 Å². The molecule has 4 aliphatic carbocycles. The number of ketones is 2. The summed E-state index contributed by atoms with van der Waals surface area (Å²) in [7, 11) is 0. The van der Waals surface area contributed by atoms with Crippen LogP contribution in [0.1, 0.15) is 66.2 Å². The third kappa shape index (κ3) is 1.95. The van der Waals surface area contributed by atoms with Gasteiger partial charge in [0.05, 0.1) is 0 Å². The molecule has 0 aromatic carbocycles. The Morgan fingerprint density at radius 3 is 2.67 bits per heavy atom. The number of carbonyl (C=O) groups excluding carboxylic acids is 2. The smallest absolute Gasteiger partial charge is 0.156 e. The summed E-state index contributed by atoms with van der Waals surface area (Å²) >= 11 is 0. The van der Waals surface area contributed by atoms with Gasteiger partial charge in [-0.05, 0) is 69.1 Å². The molecular formula is C22H30O2. The van der Waals surface area contributed by atoms with E-state index in [2.05, 4.69) is 32.9 Å². The van der Waals surface area contributed by atoms with Crippen LogP contribution in [0.2, 0.25) is 0 Å². The summed E-state index contributed by atoms with van der Waals surface area (Å²) in [4.78, 5) is 25.6. The molecule has 0 unspecified atom stereocenters. The van der Waals surface area contributed by atoms with E-state index in [1.165, 1.54) is 18.4 Å². The number of hydrogen-bond donors (Lipinski definition) is 0. The van der Waals surface area contributed by atoms with Crippen molar-refractivity contribution in [1.29, 1.82) is 0 Å². The van der Waals surface area contributed by atoms with Crippen molar-refractivity contribution >= 4 is 11.6 Å². The highest BCUT2D eigenvalue weighted by Gasteiger charge is 2.62. The van der Waals surface area contributed by atoms with Crippen molar-refractivity contribution in [1.82, 2.24) is 0 Å². The van der Waals surface area contributed by atoms with Crippen LogP contribution < -0.4 is 0 Å². The van der Waals surface area contributed by atoms with Crippen LogP contribution in [0.3, 0.4) is 0 Å². The zero-order valence-corrected chi connectivity index (χ0v) is 15.5. The molecule has 4 rings (SSSR count). The first kappa shape index (κ1) is 16.3. The van der Waals surface area contributed by atoms with E-state index in [0.29, 0.717) is 30.0 Å². The monoisotopic (exact) mass is 326 g/mol. The fourth-order valence-electron chi connectivity index (χ4n) is 7.30. The van der Waals surface area contributed by atoms with E-state index in [9.17, 15) is 9.59 Å². The zero-order chi connectivity index (χ0) is 17.3. The van der Waals surface area contributed by atoms with Gasteiger partial charge < -0.3 is 0 Å². The number of Topliss-reactive ketones (excluding diaryl/α,β-unsaturated/α-hetero) is 2. The van der Waals surface area contributed by atoms with Crippen molar-refractivity contribution < 1.29 is 9.59 Å². The Kier molecular flexibility index (Phi) is 3.50. The second-order valence-corrected chi connectivity index (χ2v) is 9.42. The lowest BCUT2D eigenvalue weighted by Crippen LogP contribution is -2.56. The number of allylic oxidation sites excluding steroid dienone is 4. The maximum atomic E-state index is 13.4. The predicted molar refractivity (Wildman–Crippen MR) is 95.4 cm³/mol. The van der Waals surface area contributed by atoms with Crippen molar-refractivity contribution in [2.45, 2.75) is 66.2 Å². The molecule has 0 aliphatic heterocycles.